The Morgan fingerprint density at radius 1 is 1.24 bits per heavy atom. The summed E-state index contributed by atoms with van der Waals surface area (Å²) in [5, 5.41) is 0. The van der Waals surface area contributed by atoms with Crippen LogP contribution in [0.1, 0.15) is 37.7 Å². The summed E-state index contributed by atoms with van der Waals surface area (Å²) >= 11 is 0. The number of fused-ring (bicyclic) bond motifs is 1. The van der Waals surface area contributed by atoms with Gasteiger partial charge < -0.3 is 15.2 Å². The van der Waals surface area contributed by atoms with Gasteiger partial charge in [-0.2, -0.15) is 0 Å². The monoisotopic (exact) mass is 235 g/mol. The fraction of sp³-hybridized carbons (Fsp3) is 0.571. The van der Waals surface area contributed by atoms with Gasteiger partial charge >= 0.3 is 0 Å². The van der Waals surface area contributed by atoms with Crippen LogP contribution in [0, 0.1) is 0 Å². The normalized spacial score (nSPS) is 16.4. The van der Waals surface area contributed by atoms with Crippen LogP contribution in [0.4, 0.5) is 0 Å². The molecular formula is C14H21NO2. The van der Waals surface area contributed by atoms with Crippen molar-refractivity contribution in [2.75, 3.05) is 19.8 Å². The summed E-state index contributed by atoms with van der Waals surface area (Å²) < 4.78 is 11.3. The Balaban J connectivity index is 2.21. The first-order chi connectivity index (χ1) is 8.35. The van der Waals surface area contributed by atoms with Crippen LogP contribution < -0.4 is 15.2 Å². The second-order valence-corrected chi connectivity index (χ2v) is 4.48. The van der Waals surface area contributed by atoms with Crippen LogP contribution in [-0.2, 0) is 0 Å². The average Bonchev–Trinajstić information content (AvgIpc) is 2.60. The maximum atomic E-state index is 5.83. The van der Waals surface area contributed by atoms with Gasteiger partial charge in [0, 0.05) is 6.42 Å². The first-order valence-corrected chi connectivity index (χ1v) is 6.44. The molecule has 1 heterocycles. The molecule has 94 valence electrons. The lowest BCUT2D eigenvalue weighted by Crippen LogP contribution is -2.12. The topological polar surface area (TPSA) is 44.5 Å². The molecule has 1 aliphatic rings. The van der Waals surface area contributed by atoms with Gasteiger partial charge in [0.15, 0.2) is 11.5 Å². The van der Waals surface area contributed by atoms with Gasteiger partial charge in [-0.3, -0.25) is 0 Å². The van der Waals surface area contributed by atoms with Crippen LogP contribution in [0.15, 0.2) is 18.2 Å². The predicted octanol–water partition coefficient (Wildman–Crippen LogP) is 2.69. The SMILES string of the molecule is CCCC(CN)c1ccc2c(c1)OCCCO2. The maximum absolute atomic E-state index is 5.83. The maximum Gasteiger partial charge on any atom is 0.161 e. The summed E-state index contributed by atoms with van der Waals surface area (Å²) in [6.45, 7) is 4.35. The molecule has 0 radical (unpaired) electrons. The summed E-state index contributed by atoms with van der Waals surface area (Å²) in [7, 11) is 0. The minimum absolute atomic E-state index is 0.428. The molecular weight excluding hydrogens is 214 g/mol. The molecule has 3 nitrogen and oxygen atoms in total. The van der Waals surface area contributed by atoms with Crippen molar-refractivity contribution in [3.8, 4) is 11.5 Å². The van der Waals surface area contributed by atoms with Crippen molar-refractivity contribution in [2.24, 2.45) is 5.73 Å². The molecule has 0 saturated carbocycles. The van der Waals surface area contributed by atoms with E-state index < -0.39 is 0 Å². The van der Waals surface area contributed by atoms with E-state index in [0.29, 0.717) is 12.5 Å². The molecule has 0 saturated heterocycles. The van der Waals surface area contributed by atoms with Crippen molar-refractivity contribution in [3.63, 3.8) is 0 Å². The molecule has 17 heavy (non-hydrogen) atoms. The fourth-order valence-electron chi connectivity index (χ4n) is 2.20. The van der Waals surface area contributed by atoms with Gasteiger partial charge in [0.05, 0.1) is 13.2 Å². The molecule has 0 bridgehead atoms. The van der Waals surface area contributed by atoms with E-state index in [1.807, 2.05) is 6.07 Å². The number of hydrogen-bond donors (Lipinski definition) is 1. The third kappa shape index (κ3) is 2.91. The zero-order chi connectivity index (χ0) is 12.1. The molecule has 1 aromatic carbocycles. The molecule has 1 unspecified atom stereocenters. The van der Waals surface area contributed by atoms with Gasteiger partial charge in [0.1, 0.15) is 0 Å². The van der Waals surface area contributed by atoms with Crippen molar-refractivity contribution in [1.82, 2.24) is 0 Å². The van der Waals surface area contributed by atoms with E-state index in [-0.39, 0.29) is 0 Å². The predicted molar refractivity (Wildman–Crippen MR) is 68.8 cm³/mol. The number of hydrogen-bond acceptors (Lipinski definition) is 3. The molecule has 3 heteroatoms. The fourth-order valence-corrected chi connectivity index (χ4v) is 2.20. The van der Waals surface area contributed by atoms with Gasteiger partial charge in [0.2, 0.25) is 0 Å². The van der Waals surface area contributed by atoms with Crippen molar-refractivity contribution in [3.05, 3.63) is 23.8 Å². The van der Waals surface area contributed by atoms with Crippen molar-refractivity contribution in [2.45, 2.75) is 32.1 Å². The summed E-state index contributed by atoms with van der Waals surface area (Å²) in [5.74, 6) is 2.16. The molecule has 0 aliphatic carbocycles. The molecule has 0 amide bonds. The van der Waals surface area contributed by atoms with Crippen LogP contribution in [0.25, 0.3) is 0 Å². The Hall–Kier alpha value is -1.22. The molecule has 0 aromatic heterocycles. The molecule has 0 spiro atoms. The standard InChI is InChI=1S/C14H21NO2/c1-2-4-12(10-15)11-5-6-13-14(9-11)17-8-3-7-16-13/h5-6,9,12H,2-4,7-8,10,15H2,1H3. The van der Waals surface area contributed by atoms with Crippen molar-refractivity contribution < 1.29 is 9.47 Å². The second kappa shape index (κ2) is 5.92. The Labute approximate surface area is 103 Å². The minimum Gasteiger partial charge on any atom is -0.490 e. The van der Waals surface area contributed by atoms with E-state index in [1.165, 1.54) is 5.56 Å². The van der Waals surface area contributed by atoms with Crippen LogP contribution in [-0.4, -0.2) is 19.8 Å². The molecule has 1 aromatic rings. The molecule has 0 fully saturated rings. The van der Waals surface area contributed by atoms with Gasteiger partial charge in [-0.1, -0.05) is 19.4 Å². The average molecular weight is 235 g/mol. The Morgan fingerprint density at radius 2 is 2.00 bits per heavy atom. The third-order valence-corrected chi connectivity index (χ3v) is 3.16. The summed E-state index contributed by atoms with van der Waals surface area (Å²) in [4.78, 5) is 0. The summed E-state index contributed by atoms with van der Waals surface area (Å²) in [6.07, 6.45) is 3.21. The van der Waals surface area contributed by atoms with E-state index in [9.17, 15) is 0 Å². The number of nitrogens with two attached hydrogens (primary N) is 1. The highest BCUT2D eigenvalue weighted by Crippen LogP contribution is 2.33. The van der Waals surface area contributed by atoms with Gasteiger partial charge in [-0.25, -0.2) is 0 Å². The number of benzene rings is 1. The smallest absolute Gasteiger partial charge is 0.161 e. The highest BCUT2D eigenvalue weighted by Gasteiger charge is 2.14. The Morgan fingerprint density at radius 3 is 2.71 bits per heavy atom. The van der Waals surface area contributed by atoms with Crippen LogP contribution in [0.5, 0.6) is 11.5 Å². The van der Waals surface area contributed by atoms with Gasteiger partial charge in [-0.15, -0.1) is 0 Å². The number of rotatable bonds is 4. The molecule has 1 atom stereocenters. The van der Waals surface area contributed by atoms with E-state index in [1.54, 1.807) is 0 Å². The lowest BCUT2D eigenvalue weighted by molar-refractivity contribution is 0.297. The summed E-state index contributed by atoms with van der Waals surface area (Å²) in [5.41, 5.74) is 7.09. The minimum atomic E-state index is 0.428. The first-order valence-electron chi connectivity index (χ1n) is 6.44. The zero-order valence-electron chi connectivity index (χ0n) is 10.4. The number of ether oxygens (including phenoxy) is 2. The summed E-state index contributed by atoms with van der Waals surface area (Å²) in [6, 6.07) is 6.21. The highest BCUT2D eigenvalue weighted by molar-refractivity contribution is 5.44. The largest absolute Gasteiger partial charge is 0.490 e. The van der Waals surface area contributed by atoms with Gasteiger partial charge in [-0.05, 0) is 36.6 Å². The quantitative estimate of drug-likeness (QED) is 0.872. The zero-order valence-corrected chi connectivity index (χ0v) is 10.4. The van der Waals surface area contributed by atoms with E-state index in [0.717, 1.165) is 44.0 Å². The first kappa shape index (κ1) is 12.2. The van der Waals surface area contributed by atoms with Crippen LogP contribution in [0.2, 0.25) is 0 Å². The van der Waals surface area contributed by atoms with E-state index in [2.05, 4.69) is 19.1 Å². The van der Waals surface area contributed by atoms with Crippen molar-refractivity contribution >= 4 is 0 Å². The molecule has 2 rings (SSSR count). The molecule has 1 aliphatic heterocycles. The third-order valence-electron chi connectivity index (χ3n) is 3.16. The Bertz CT molecular complexity index is 365. The van der Waals surface area contributed by atoms with E-state index >= 15 is 0 Å². The van der Waals surface area contributed by atoms with Crippen LogP contribution in [0.3, 0.4) is 0 Å². The van der Waals surface area contributed by atoms with E-state index in [4.69, 9.17) is 15.2 Å². The highest BCUT2D eigenvalue weighted by atomic mass is 16.5. The lowest BCUT2D eigenvalue weighted by atomic mass is 9.94. The van der Waals surface area contributed by atoms with Gasteiger partial charge in [0.25, 0.3) is 0 Å². The second-order valence-electron chi connectivity index (χ2n) is 4.48. The van der Waals surface area contributed by atoms with Crippen LogP contribution >= 0.6 is 0 Å². The Kier molecular flexibility index (Phi) is 4.26. The van der Waals surface area contributed by atoms with Crippen molar-refractivity contribution in [1.29, 1.82) is 0 Å². The molecule has 2 N–H and O–H groups in total. The lowest BCUT2D eigenvalue weighted by Gasteiger charge is -2.16.